The summed E-state index contributed by atoms with van der Waals surface area (Å²) in [7, 11) is 1.69. The molecule has 0 aliphatic heterocycles. The van der Waals surface area contributed by atoms with E-state index >= 15 is 0 Å². The van der Waals surface area contributed by atoms with Gasteiger partial charge in [0.05, 0.1) is 0 Å². The van der Waals surface area contributed by atoms with E-state index in [1.54, 1.807) is 14.0 Å². The molecule has 0 saturated carbocycles. The first kappa shape index (κ1) is 10.4. The van der Waals surface area contributed by atoms with Crippen molar-refractivity contribution < 1.29 is 9.59 Å². The van der Waals surface area contributed by atoms with Gasteiger partial charge in [0.25, 0.3) is 0 Å². The van der Waals surface area contributed by atoms with Crippen molar-refractivity contribution in [3.8, 4) is 0 Å². The van der Waals surface area contributed by atoms with Crippen LogP contribution < -0.4 is 4.90 Å². The molecule has 0 atom stereocenters. The first-order chi connectivity index (χ1) is 6.63. The number of benzene rings is 1. The molecule has 1 amide bonds. The van der Waals surface area contributed by atoms with Crippen LogP contribution in [-0.2, 0) is 16.0 Å². The molecule has 1 rings (SSSR count). The van der Waals surface area contributed by atoms with Gasteiger partial charge in [-0.25, -0.2) is 0 Å². The quantitative estimate of drug-likeness (QED) is 0.675. The van der Waals surface area contributed by atoms with Crippen molar-refractivity contribution in [2.24, 2.45) is 0 Å². The molecule has 3 heteroatoms. The Hall–Kier alpha value is -1.64. The van der Waals surface area contributed by atoms with Crippen LogP contribution in [0.3, 0.4) is 0 Å². The molecule has 0 aliphatic carbocycles. The van der Waals surface area contributed by atoms with Gasteiger partial charge < -0.3 is 4.90 Å². The highest BCUT2D eigenvalue weighted by atomic mass is 16.1. The Bertz CT molecular complexity index is 330. The Balaban J connectivity index is 2.78. The average Bonchev–Trinajstić information content (AvgIpc) is 2.17. The van der Waals surface area contributed by atoms with E-state index in [4.69, 9.17) is 0 Å². The second-order valence-corrected chi connectivity index (χ2v) is 3.26. The van der Waals surface area contributed by atoms with Gasteiger partial charge in [-0.05, 0) is 24.6 Å². The van der Waals surface area contributed by atoms with Crippen LogP contribution in [0.2, 0.25) is 0 Å². The number of carbonyl (C=O) groups is 2. The fraction of sp³-hybridized carbons (Fsp3) is 0.273. The van der Waals surface area contributed by atoms with E-state index in [0.29, 0.717) is 6.42 Å². The molecule has 0 N–H and O–H groups in total. The SMILES string of the molecule is CC(=O)Cc1ccc(N(C)C=O)cc1. The number of amides is 1. The molecule has 0 aliphatic rings. The fourth-order valence-electron chi connectivity index (χ4n) is 1.20. The lowest BCUT2D eigenvalue weighted by Crippen LogP contribution is -2.13. The zero-order valence-corrected chi connectivity index (χ0v) is 8.36. The molecule has 14 heavy (non-hydrogen) atoms. The molecule has 1 aromatic carbocycles. The van der Waals surface area contributed by atoms with E-state index in [1.165, 1.54) is 4.90 Å². The van der Waals surface area contributed by atoms with Gasteiger partial charge in [0.15, 0.2) is 0 Å². The number of anilines is 1. The van der Waals surface area contributed by atoms with Crippen molar-refractivity contribution in [2.75, 3.05) is 11.9 Å². The summed E-state index contributed by atoms with van der Waals surface area (Å²) in [6.45, 7) is 1.56. The molecule has 0 saturated heterocycles. The first-order valence-corrected chi connectivity index (χ1v) is 4.40. The summed E-state index contributed by atoms with van der Waals surface area (Å²) in [6, 6.07) is 7.37. The van der Waals surface area contributed by atoms with Gasteiger partial charge >= 0.3 is 0 Å². The minimum absolute atomic E-state index is 0.140. The lowest BCUT2D eigenvalue weighted by Gasteiger charge is -2.10. The largest absolute Gasteiger partial charge is 0.318 e. The molecule has 0 heterocycles. The molecule has 0 aromatic heterocycles. The van der Waals surface area contributed by atoms with E-state index in [9.17, 15) is 9.59 Å². The standard InChI is InChI=1S/C11H13NO2/c1-9(14)7-10-3-5-11(6-4-10)12(2)8-13/h3-6,8H,7H2,1-2H3. The molecular weight excluding hydrogens is 178 g/mol. The maximum absolute atomic E-state index is 10.8. The summed E-state index contributed by atoms with van der Waals surface area (Å²) in [4.78, 5) is 22.7. The summed E-state index contributed by atoms with van der Waals surface area (Å²) in [5, 5.41) is 0. The third-order valence-corrected chi connectivity index (χ3v) is 1.95. The molecule has 0 unspecified atom stereocenters. The van der Waals surface area contributed by atoms with Gasteiger partial charge in [-0.2, -0.15) is 0 Å². The topological polar surface area (TPSA) is 37.4 Å². The van der Waals surface area contributed by atoms with E-state index in [-0.39, 0.29) is 5.78 Å². The Morgan fingerprint density at radius 1 is 1.36 bits per heavy atom. The summed E-state index contributed by atoms with van der Waals surface area (Å²) in [6.07, 6.45) is 1.20. The van der Waals surface area contributed by atoms with Crippen molar-refractivity contribution in [3.05, 3.63) is 29.8 Å². The normalized spacial score (nSPS) is 9.57. The monoisotopic (exact) mass is 191 g/mol. The van der Waals surface area contributed by atoms with Crippen LogP contribution in [0.25, 0.3) is 0 Å². The third-order valence-electron chi connectivity index (χ3n) is 1.95. The molecule has 0 radical (unpaired) electrons. The number of ketones is 1. The molecule has 0 fully saturated rings. The summed E-state index contributed by atoms with van der Waals surface area (Å²) in [5.41, 5.74) is 1.80. The fourth-order valence-corrected chi connectivity index (χ4v) is 1.20. The number of hydrogen-bond donors (Lipinski definition) is 0. The molecule has 74 valence electrons. The van der Waals surface area contributed by atoms with Gasteiger partial charge in [0.2, 0.25) is 6.41 Å². The van der Waals surface area contributed by atoms with Crippen molar-refractivity contribution >= 4 is 17.9 Å². The summed E-state index contributed by atoms with van der Waals surface area (Å²) < 4.78 is 0. The van der Waals surface area contributed by atoms with Crippen molar-refractivity contribution in [2.45, 2.75) is 13.3 Å². The lowest BCUT2D eigenvalue weighted by atomic mass is 10.1. The third kappa shape index (κ3) is 2.69. The molecule has 3 nitrogen and oxygen atoms in total. The van der Waals surface area contributed by atoms with Crippen LogP contribution in [-0.4, -0.2) is 19.2 Å². The van der Waals surface area contributed by atoms with Gasteiger partial charge in [-0.1, -0.05) is 12.1 Å². The Morgan fingerprint density at radius 3 is 2.36 bits per heavy atom. The van der Waals surface area contributed by atoms with Gasteiger partial charge in [-0.15, -0.1) is 0 Å². The van der Waals surface area contributed by atoms with Crippen LogP contribution in [0.1, 0.15) is 12.5 Å². The number of nitrogens with zero attached hydrogens (tertiary/aromatic N) is 1. The number of hydrogen-bond acceptors (Lipinski definition) is 2. The number of rotatable bonds is 4. The number of Topliss-reactive ketones (excluding diaryl/α,β-unsaturated/α-hetero) is 1. The average molecular weight is 191 g/mol. The highest BCUT2D eigenvalue weighted by Crippen LogP contribution is 2.12. The van der Waals surface area contributed by atoms with E-state index < -0.39 is 0 Å². The van der Waals surface area contributed by atoms with E-state index in [1.807, 2.05) is 24.3 Å². The van der Waals surface area contributed by atoms with Crippen molar-refractivity contribution in [3.63, 3.8) is 0 Å². The molecule has 0 bridgehead atoms. The maximum Gasteiger partial charge on any atom is 0.213 e. The summed E-state index contributed by atoms with van der Waals surface area (Å²) >= 11 is 0. The minimum Gasteiger partial charge on any atom is -0.318 e. The molecular formula is C11H13NO2. The molecule has 1 aromatic rings. The zero-order chi connectivity index (χ0) is 10.6. The highest BCUT2D eigenvalue weighted by molar-refractivity contribution is 5.79. The van der Waals surface area contributed by atoms with Crippen LogP contribution in [0.4, 0.5) is 5.69 Å². The lowest BCUT2D eigenvalue weighted by molar-refractivity contribution is -0.116. The first-order valence-electron chi connectivity index (χ1n) is 4.40. The minimum atomic E-state index is 0.140. The Morgan fingerprint density at radius 2 is 1.93 bits per heavy atom. The van der Waals surface area contributed by atoms with Crippen LogP contribution in [0.5, 0.6) is 0 Å². The smallest absolute Gasteiger partial charge is 0.213 e. The van der Waals surface area contributed by atoms with E-state index in [2.05, 4.69) is 0 Å². The highest BCUT2D eigenvalue weighted by Gasteiger charge is 2.00. The second-order valence-electron chi connectivity index (χ2n) is 3.26. The van der Waals surface area contributed by atoms with Gasteiger partial charge in [0, 0.05) is 19.2 Å². The van der Waals surface area contributed by atoms with Crippen LogP contribution >= 0.6 is 0 Å². The second kappa shape index (κ2) is 4.56. The van der Waals surface area contributed by atoms with Crippen LogP contribution in [0, 0.1) is 0 Å². The van der Waals surface area contributed by atoms with Gasteiger partial charge in [0.1, 0.15) is 5.78 Å². The van der Waals surface area contributed by atoms with Crippen molar-refractivity contribution in [1.82, 2.24) is 0 Å². The van der Waals surface area contributed by atoms with Crippen LogP contribution in [0.15, 0.2) is 24.3 Å². The summed E-state index contributed by atoms with van der Waals surface area (Å²) in [5.74, 6) is 0.140. The van der Waals surface area contributed by atoms with E-state index in [0.717, 1.165) is 17.7 Å². The molecule has 0 spiro atoms. The zero-order valence-electron chi connectivity index (χ0n) is 8.36. The van der Waals surface area contributed by atoms with Crippen molar-refractivity contribution in [1.29, 1.82) is 0 Å². The number of carbonyl (C=O) groups excluding carboxylic acids is 2. The predicted octanol–water partition coefficient (Wildman–Crippen LogP) is 1.41. The maximum atomic E-state index is 10.8. The van der Waals surface area contributed by atoms with Gasteiger partial charge in [-0.3, -0.25) is 9.59 Å². The Labute approximate surface area is 83.3 Å². The Kier molecular flexibility index (Phi) is 3.40. The predicted molar refractivity (Wildman–Crippen MR) is 55.3 cm³/mol.